The van der Waals surface area contributed by atoms with Gasteiger partial charge in [0.25, 0.3) is 0 Å². The van der Waals surface area contributed by atoms with E-state index in [1.54, 1.807) is 28.7 Å². The number of rotatable bonds is 1. The summed E-state index contributed by atoms with van der Waals surface area (Å²) in [6, 6.07) is 7.94. The first-order valence-electron chi connectivity index (χ1n) is 4.87. The third kappa shape index (κ3) is 1.64. The van der Waals surface area contributed by atoms with Gasteiger partial charge in [-0.2, -0.15) is 0 Å². The molecule has 0 N–H and O–H groups in total. The van der Waals surface area contributed by atoms with Gasteiger partial charge in [-0.15, -0.1) is 10.2 Å². The highest BCUT2D eigenvalue weighted by atomic mass is 35.5. The van der Waals surface area contributed by atoms with Crippen LogP contribution in [0.5, 0.6) is 0 Å². The van der Waals surface area contributed by atoms with Crippen LogP contribution in [0.1, 0.15) is 0 Å². The van der Waals surface area contributed by atoms with E-state index in [4.69, 9.17) is 11.6 Å². The molecule has 84 valence electrons. The van der Waals surface area contributed by atoms with Crippen molar-refractivity contribution in [2.75, 3.05) is 0 Å². The van der Waals surface area contributed by atoms with Crippen LogP contribution in [-0.4, -0.2) is 19.6 Å². The van der Waals surface area contributed by atoms with E-state index in [0.29, 0.717) is 22.2 Å². The van der Waals surface area contributed by atoms with Crippen molar-refractivity contribution >= 4 is 17.2 Å². The first kappa shape index (κ1) is 10.2. The molecule has 0 saturated carbocycles. The van der Waals surface area contributed by atoms with Crippen LogP contribution in [0.3, 0.4) is 0 Å². The summed E-state index contributed by atoms with van der Waals surface area (Å²) in [5.41, 5.74) is 0.910. The van der Waals surface area contributed by atoms with Crippen molar-refractivity contribution in [1.82, 2.24) is 19.6 Å². The van der Waals surface area contributed by atoms with E-state index < -0.39 is 0 Å². The van der Waals surface area contributed by atoms with Gasteiger partial charge in [0.15, 0.2) is 11.5 Å². The molecule has 0 aliphatic rings. The van der Waals surface area contributed by atoms with Crippen LogP contribution in [-0.2, 0) is 0 Å². The Morgan fingerprint density at radius 1 is 1.18 bits per heavy atom. The van der Waals surface area contributed by atoms with Gasteiger partial charge < -0.3 is 0 Å². The summed E-state index contributed by atoms with van der Waals surface area (Å²) in [7, 11) is 0. The number of fused-ring (bicyclic) bond motifs is 1. The SMILES string of the molecule is Fc1ccccc1-c1nnc2cc(Cl)ncn12. The number of benzene rings is 1. The minimum atomic E-state index is -0.350. The van der Waals surface area contributed by atoms with Crippen LogP contribution in [0.25, 0.3) is 17.0 Å². The van der Waals surface area contributed by atoms with E-state index in [1.165, 1.54) is 12.4 Å². The van der Waals surface area contributed by atoms with Crippen molar-refractivity contribution in [3.8, 4) is 11.4 Å². The monoisotopic (exact) mass is 248 g/mol. The predicted octanol–water partition coefficient (Wildman–Crippen LogP) is 2.58. The normalized spacial score (nSPS) is 10.9. The van der Waals surface area contributed by atoms with E-state index in [0.717, 1.165) is 0 Å². The molecule has 0 aliphatic carbocycles. The standard InChI is InChI=1S/C11H6ClFN4/c12-9-5-10-15-16-11(17(10)6-14-9)7-3-1-2-4-8(7)13/h1-6H. The van der Waals surface area contributed by atoms with E-state index in [2.05, 4.69) is 15.2 Å². The molecule has 2 heterocycles. The molecular weight excluding hydrogens is 243 g/mol. The van der Waals surface area contributed by atoms with E-state index >= 15 is 0 Å². The van der Waals surface area contributed by atoms with Gasteiger partial charge in [0.1, 0.15) is 17.3 Å². The van der Waals surface area contributed by atoms with Gasteiger partial charge in [0.05, 0.1) is 5.56 Å². The number of hydrogen-bond donors (Lipinski definition) is 0. The lowest BCUT2D eigenvalue weighted by Crippen LogP contribution is -1.93. The summed E-state index contributed by atoms with van der Waals surface area (Å²) in [4.78, 5) is 3.92. The summed E-state index contributed by atoms with van der Waals surface area (Å²) >= 11 is 5.74. The second kappa shape index (κ2) is 3.78. The van der Waals surface area contributed by atoms with Crippen LogP contribution in [0, 0.1) is 5.82 Å². The number of aromatic nitrogens is 4. The smallest absolute Gasteiger partial charge is 0.172 e. The second-order valence-electron chi connectivity index (χ2n) is 3.44. The first-order chi connectivity index (χ1) is 8.25. The minimum Gasteiger partial charge on any atom is -0.265 e. The van der Waals surface area contributed by atoms with Crippen molar-refractivity contribution in [3.05, 3.63) is 47.6 Å². The number of nitrogens with zero attached hydrogens (tertiary/aromatic N) is 4. The lowest BCUT2D eigenvalue weighted by Gasteiger charge is -2.00. The highest BCUT2D eigenvalue weighted by Crippen LogP contribution is 2.21. The molecule has 3 aromatic rings. The van der Waals surface area contributed by atoms with Crippen LogP contribution in [0.2, 0.25) is 5.15 Å². The lowest BCUT2D eigenvalue weighted by molar-refractivity contribution is 0.629. The Bertz CT molecular complexity index is 695. The van der Waals surface area contributed by atoms with Crippen LogP contribution < -0.4 is 0 Å². The van der Waals surface area contributed by atoms with Crippen LogP contribution in [0.15, 0.2) is 36.7 Å². The van der Waals surface area contributed by atoms with Gasteiger partial charge >= 0.3 is 0 Å². The number of hydrogen-bond acceptors (Lipinski definition) is 3. The molecule has 0 spiro atoms. The predicted molar refractivity (Wildman–Crippen MR) is 61.2 cm³/mol. The molecule has 3 rings (SSSR count). The highest BCUT2D eigenvalue weighted by Gasteiger charge is 2.12. The van der Waals surface area contributed by atoms with Crippen molar-refractivity contribution in [1.29, 1.82) is 0 Å². The maximum atomic E-state index is 13.6. The summed E-state index contributed by atoms with van der Waals surface area (Å²) in [6.07, 6.45) is 1.47. The van der Waals surface area contributed by atoms with Crippen molar-refractivity contribution in [2.24, 2.45) is 0 Å². The molecule has 0 fully saturated rings. The molecule has 4 nitrogen and oxygen atoms in total. The number of halogens is 2. The molecule has 0 saturated heterocycles. The van der Waals surface area contributed by atoms with Crippen LogP contribution >= 0.6 is 11.6 Å². The maximum absolute atomic E-state index is 13.6. The van der Waals surface area contributed by atoms with E-state index in [9.17, 15) is 4.39 Å². The van der Waals surface area contributed by atoms with Gasteiger partial charge in [-0.3, -0.25) is 4.40 Å². The first-order valence-corrected chi connectivity index (χ1v) is 5.25. The molecule has 0 unspecified atom stereocenters. The Balaban J connectivity index is 2.29. The van der Waals surface area contributed by atoms with Gasteiger partial charge in [0.2, 0.25) is 0 Å². The van der Waals surface area contributed by atoms with Gasteiger partial charge in [-0.05, 0) is 12.1 Å². The van der Waals surface area contributed by atoms with Crippen LogP contribution in [0.4, 0.5) is 4.39 Å². The third-order valence-corrected chi connectivity index (χ3v) is 2.59. The molecule has 17 heavy (non-hydrogen) atoms. The van der Waals surface area contributed by atoms with E-state index in [1.807, 2.05) is 0 Å². The summed E-state index contributed by atoms with van der Waals surface area (Å²) in [5, 5.41) is 8.18. The second-order valence-corrected chi connectivity index (χ2v) is 3.83. The molecule has 0 radical (unpaired) electrons. The zero-order chi connectivity index (χ0) is 11.8. The lowest BCUT2D eigenvalue weighted by atomic mass is 10.2. The summed E-state index contributed by atoms with van der Waals surface area (Å²) in [6.45, 7) is 0. The molecule has 6 heteroatoms. The molecular formula is C11H6ClFN4. The van der Waals surface area contributed by atoms with Gasteiger partial charge in [-0.25, -0.2) is 9.37 Å². The Labute approximate surface area is 101 Å². The van der Waals surface area contributed by atoms with Gasteiger partial charge in [0, 0.05) is 6.07 Å². The largest absolute Gasteiger partial charge is 0.265 e. The Morgan fingerprint density at radius 3 is 2.82 bits per heavy atom. The van der Waals surface area contributed by atoms with Gasteiger partial charge in [-0.1, -0.05) is 23.7 Å². The molecule has 0 bridgehead atoms. The Morgan fingerprint density at radius 2 is 2.00 bits per heavy atom. The van der Waals surface area contributed by atoms with Crippen molar-refractivity contribution in [3.63, 3.8) is 0 Å². The Kier molecular flexibility index (Phi) is 2.26. The fraction of sp³-hybridized carbons (Fsp3) is 0. The average molecular weight is 249 g/mol. The zero-order valence-electron chi connectivity index (χ0n) is 8.51. The topological polar surface area (TPSA) is 43.1 Å². The maximum Gasteiger partial charge on any atom is 0.172 e. The fourth-order valence-electron chi connectivity index (χ4n) is 1.60. The molecule has 1 aromatic carbocycles. The quantitative estimate of drug-likeness (QED) is 0.622. The molecule has 2 aromatic heterocycles. The zero-order valence-corrected chi connectivity index (χ0v) is 9.26. The van der Waals surface area contributed by atoms with Crippen molar-refractivity contribution < 1.29 is 4.39 Å². The summed E-state index contributed by atoms with van der Waals surface area (Å²) < 4.78 is 15.2. The fourth-order valence-corrected chi connectivity index (χ4v) is 1.74. The minimum absolute atomic E-state index is 0.324. The third-order valence-electron chi connectivity index (χ3n) is 2.38. The molecule has 0 atom stereocenters. The average Bonchev–Trinajstić information content (AvgIpc) is 2.72. The summed E-state index contributed by atoms with van der Waals surface area (Å²) in [5.74, 6) is 0.0546. The molecule has 0 amide bonds. The molecule has 0 aliphatic heterocycles. The Hall–Kier alpha value is -2.01. The van der Waals surface area contributed by atoms with Crippen molar-refractivity contribution in [2.45, 2.75) is 0 Å². The highest BCUT2D eigenvalue weighted by molar-refractivity contribution is 6.29. The van der Waals surface area contributed by atoms with E-state index in [-0.39, 0.29) is 5.82 Å².